The Morgan fingerprint density at radius 1 is 1.64 bits per heavy atom. The van der Waals surface area contributed by atoms with Crippen molar-refractivity contribution in [3.8, 4) is 0 Å². The third-order valence-corrected chi connectivity index (χ3v) is 3.01. The van der Waals surface area contributed by atoms with Gasteiger partial charge in [0.05, 0.1) is 5.37 Å². The summed E-state index contributed by atoms with van der Waals surface area (Å²) in [5, 5.41) is 3.16. The van der Waals surface area contributed by atoms with E-state index in [1.165, 1.54) is 0 Å². The molecule has 14 heavy (non-hydrogen) atoms. The third kappa shape index (κ3) is 3.48. The number of nitrogens with two attached hydrogens (primary N) is 1. The lowest BCUT2D eigenvalue weighted by Crippen LogP contribution is -2.48. The molecule has 0 aliphatic carbocycles. The van der Waals surface area contributed by atoms with Crippen molar-refractivity contribution in [1.82, 2.24) is 5.32 Å². The minimum absolute atomic E-state index is 0.00449. The minimum Gasteiger partial charge on any atom is -0.459 e. The highest BCUT2D eigenvalue weighted by molar-refractivity contribution is 8.00. The summed E-state index contributed by atoms with van der Waals surface area (Å²) < 4.78 is 5.19. The fourth-order valence-electron chi connectivity index (χ4n) is 1.17. The predicted octanol–water partition coefficient (Wildman–Crippen LogP) is 0.318. The van der Waals surface area contributed by atoms with Crippen LogP contribution in [0.4, 0.5) is 0 Å². The largest absolute Gasteiger partial charge is 0.459 e. The summed E-state index contributed by atoms with van der Waals surface area (Å²) >= 11 is 1.67. The highest BCUT2D eigenvalue weighted by atomic mass is 32.2. The van der Waals surface area contributed by atoms with Gasteiger partial charge in [0.2, 0.25) is 0 Å². The van der Waals surface area contributed by atoms with Crippen LogP contribution < -0.4 is 11.1 Å². The first-order chi connectivity index (χ1) is 6.40. The fraction of sp³-hybridized carbons (Fsp3) is 0.889. The second-order valence-corrected chi connectivity index (χ2v) is 5.55. The zero-order chi connectivity index (χ0) is 10.8. The molecular weight excluding hydrogens is 200 g/mol. The van der Waals surface area contributed by atoms with E-state index < -0.39 is 11.6 Å². The third-order valence-electron chi connectivity index (χ3n) is 1.75. The molecule has 2 unspecified atom stereocenters. The van der Waals surface area contributed by atoms with E-state index in [-0.39, 0.29) is 11.3 Å². The van der Waals surface area contributed by atoms with Crippen LogP contribution in [0.25, 0.3) is 0 Å². The zero-order valence-electron chi connectivity index (χ0n) is 8.87. The van der Waals surface area contributed by atoms with Gasteiger partial charge in [-0.25, -0.2) is 0 Å². The minimum atomic E-state index is -0.568. The van der Waals surface area contributed by atoms with Gasteiger partial charge < -0.3 is 15.8 Å². The molecule has 0 bridgehead atoms. The molecule has 1 aliphatic rings. The molecule has 1 heterocycles. The maximum atomic E-state index is 11.5. The summed E-state index contributed by atoms with van der Waals surface area (Å²) in [4.78, 5) is 11.5. The van der Waals surface area contributed by atoms with Crippen molar-refractivity contribution in [2.45, 2.75) is 37.8 Å². The van der Waals surface area contributed by atoms with Gasteiger partial charge in [-0.2, -0.15) is 0 Å². The molecule has 1 aliphatic heterocycles. The molecular formula is C9H18N2O2S. The Bertz CT molecular complexity index is 209. The lowest BCUT2D eigenvalue weighted by atomic mass is 10.2. The van der Waals surface area contributed by atoms with Gasteiger partial charge in [0, 0.05) is 12.3 Å². The number of carbonyl (C=O) groups excluding carboxylic acids is 1. The van der Waals surface area contributed by atoms with Gasteiger partial charge in [0.1, 0.15) is 11.6 Å². The number of carbonyl (C=O) groups is 1. The van der Waals surface area contributed by atoms with Crippen molar-refractivity contribution in [3.05, 3.63) is 0 Å². The van der Waals surface area contributed by atoms with Crippen LogP contribution in [0.5, 0.6) is 0 Å². The maximum Gasteiger partial charge on any atom is 0.325 e. The molecule has 0 aromatic heterocycles. The van der Waals surface area contributed by atoms with Gasteiger partial charge in [0.25, 0.3) is 0 Å². The number of hydrogen-bond acceptors (Lipinski definition) is 5. The Balaban J connectivity index is 2.43. The van der Waals surface area contributed by atoms with Crippen molar-refractivity contribution < 1.29 is 9.53 Å². The number of nitrogens with one attached hydrogen (secondary N) is 1. The van der Waals surface area contributed by atoms with Gasteiger partial charge in [-0.3, -0.25) is 4.79 Å². The molecule has 0 aromatic carbocycles. The van der Waals surface area contributed by atoms with E-state index in [0.29, 0.717) is 0 Å². The number of thioether (sulfide) groups is 1. The van der Waals surface area contributed by atoms with Crippen molar-refractivity contribution in [2.75, 3.05) is 12.3 Å². The molecule has 2 atom stereocenters. The number of ether oxygens (including phenoxy) is 1. The van der Waals surface area contributed by atoms with Gasteiger partial charge >= 0.3 is 5.97 Å². The molecule has 0 saturated carbocycles. The molecule has 82 valence electrons. The molecule has 4 nitrogen and oxygen atoms in total. The number of hydrogen-bond donors (Lipinski definition) is 2. The summed E-state index contributed by atoms with van der Waals surface area (Å²) in [5.41, 5.74) is 5.31. The van der Waals surface area contributed by atoms with Crippen LogP contribution in [0.3, 0.4) is 0 Å². The topological polar surface area (TPSA) is 64.3 Å². The Labute approximate surface area is 88.9 Å². The molecule has 0 spiro atoms. The summed E-state index contributed by atoms with van der Waals surface area (Å²) in [7, 11) is 0. The molecule has 0 amide bonds. The van der Waals surface area contributed by atoms with E-state index in [1.807, 2.05) is 20.8 Å². The standard InChI is InChI=1S/C9H18N2O2S/c1-9(2,3)13-8(12)6(10)7-11-4-5-14-7/h6-7,11H,4-5,10H2,1-3H3. The van der Waals surface area contributed by atoms with Crippen LogP contribution in [0, 0.1) is 0 Å². The molecule has 0 radical (unpaired) electrons. The lowest BCUT2D eigenvalue weighted by molar-refractivity contribution is -0.156. The first kappa shape index (κ1) is 11.8. The maximum absolute atomic E-state index is 11.5. The van der Waals surface area contributed by atoms with Crippen LogP contribution in [0.1, 0.15) is 20.8 Å². The highest BCUT2D eigenvalue weighted by Gasteiger charge is 2.31. The average molecular weight is 218 g/mol. The van der Waals surface area contributed by atoms with Gasteiger partial charge in [-0.15, -0.1) is 11.8 Å². The smallest absolute Gasteiger partial charge is 0.325 e. The number of esters is 1. The number of rotatable bonds is 2. The van der Waals surface area contributed by atoms with Crippen molar-refractivity contribution in [1.29, 1.82) is 0 Å². The van der Waals surface area contributed by atoms with Crippen LogP contribution in [-0.2, 0) is 9.53 Å². The molecule has 5 heteroatoms. The average Bonchev–Trinajstić information content (AvgIpc) is 2.51. The van der Waals surface area contributed by atoms with Crippen LogP contribution in [0.15, 0.2) is 0 Å². The van der Waals surface area contributed by atoms with Gasteiger partial charge in [0.15, 0.2) is 0 Å². The second-order valence-electron chi connectivity index (χ2n) is 4.30. The van der Waals surface area contributed by atoms with Crippen LogP contribution in [0.2, 0.25) is 0 Å². The highest BCUT2D eigenvalue weighted by Crippen LogP contribution is 2.18. The summed E-state index contributed by atoms with van der Waals surface area (Å²) in [6.45, 7) is 6.43. The Morgan fingerprint density at radius 3 is 2.71 bits per heavy atom. The van der Waals surface area contributed by atoms with Crippen molar-refractivity contribution in [2.24, 2.45) is 5.73 Å². The van der Waals surface area contributed by atoms with E-state index in [4.69, 9.17) is 10.5 Å². The Hall–Kier alpha value is -0.260. The van der Waals surface area contributed by atoms with E-state index in [9.17, 15) is 4.79 Å². The molecule has 0 aromatic rings. The fourth-order valence-corrected chi connectivity index (χ4v) is 2.21. The van der Waals surface area contributed by atoms with E-state index in [2.05, 4.69) is 5.32 Å². The predicted molar refractivity (Wildman–Crippen MR) is 58.1 cm³/mol. The molecule has 1 fully saturated rings. The molecule has 1 rings (SSSR count). The first-order valence-electron chi connectivity index (χ1n) is 4.73. The van der Waals surface area contributed by atoms with Gasteiger partial charge in [-0.1, -0.05) is 0 Å². The van der Waals surface area contributed by atoms with Crippen molar-refractivity contribution in [3.63, 3.8) is 0 Å². The van der Waals surface area contributed by atoms with E-state index >= 15 is 0 Å². The summed E-state index contributed by atoms with van der Waals surface area (Å²) in [5.74, 6) is 0.672. The van der Waals surface area contributed by atoms with E-state index in [1.54, 1.807) is 11.8 Å². The first-order valence-corrected chi connectivity index (χ1v) is 5.78. The quantitative estimate of drug-likeness (QED) is 0.653. The van der Waals surface area contributed by atoms with Crippen LogP contribution in [-0.4, -0.2) is 35.3 Å². The monoisotopic (exact) mass is 218 g/mol. The Morgan fingerprint density at radius 2 is 2.29 bits per heavy atom. The summed E-state index contributed by atoms with van der Waals surface area (Å²) in [6.07, 6.45) is 0. The molecule has 1 saturated heterocycles. The normalized spacial score (nSPS) is 24.7. The van der Waals surface area contributed by atoms with E-state index in [0.717, 1.165) is 12.3 Å². The van der Waals surface area contributed by atoms with Crippen LogP contribution >= 0.6 is 11.8 Å². The van der Waals surface area contributed by atoms with Crippen molar-refractivity contribution >= 4 is 17.7 Å². The second kappa shape index (κ2) is 4.51. The zero-order valence-corrected chi connectivity index (χ0v) is 9.69. The molecule has 3 N–H and O–H groups in total. The SMILES string of the molecule is CC(C)(C)OC(=O)C(N)C1NCCS1. The van der Waals surface area contributed by atoms with Gasteiger partial charge in [-0.05, 0) is 20.8 Å². The lowest BCUT2D eigenvalue weighted by Gasteiger charge is -2.24. The summed E-state index contributed by atoms with van der Waals surface area (Å²) in [6, 6.07) is -0.568. The Kier molecular flexibility index (Phi) is 3.80.